The number of esters is 2. The lowest BCUT2D eigenvalue weighted by molar-refractivity contribution is -0.149. The van der Waals surface area contributed by atoms with E-state index < -0.39 is 12.2 Å². The second kappa shape index (κ2) is 9.32. The van der Waals surface area contributed by atoms with E-state index in [9.17, 15) is 14.0 Å². The lowest BCUT2D eigenvalue weighted by atomic mass is 9.69. The molecule has 1 aliphatic carbocycles. The van der Waals surface area contributed by atoms with Crippen molar-refractivity contribution in [2.24, 2.45) is 17.8 Å². The van der Waals surface area contributed by atoms with E-state index >= 15 is 0 Å². The van der Waals surface area contributed by atoms with Crippen molar-refractivity contribution in [3.05, 3.63) is 0 Å². The summed E-state index contributed by atoms with van der Waals surface area (Å²) < 4.78 is 24.3. The van der Waals surface area contributed by atoms with Crippen LogP contribution < -0.4 is 5.32 Å². The Bertz CT molecular complexity index is 532. The number of carbonyl (C=O) groups is 2. The number of hydrogen-bond acceptors (Lipinski definition) is 6. The Balaban J connectivity index is 1.55. The number of hydrogen-bond donors (Lipinski definition) is 1. The lowest BCUT2D eigenvalue weighted by Crippen LogP contribution is -2.51. The smallest absolute Gasteiger partial charge is 0.323 e. The fourth-order valence-corrected chi connectivity index (χ4v) is 5.11. The van der Waals surface area contributed by atoms with Gasteiger partial charge >= 0.3 is 11.9 Å². The maximum absolute atomic E-state index is 14.0. The van der Waals surface area contributed by atoms with Crippen LogP contribution in [0, 0.1) is 17.8 Å². The zero-order chi connectivity index (χ0) is 19.4. The van der Waals surface area contributed by atoms with Crippen LogP contribution >= 0.6 is 0 Å². The Morgan fingerprint density at radius 3 is 2.52 bits per heavy atom. The Labute approximate surface area is 161 Å². The van der Waals surface area contributed by atoms with Gasteiger partial charge in [-0.15, -0.1) is 0 Å². The molecule has 27 heavy (non-hydrogen) atoms. The van der Waals surface area contributed by atoms with E-state index in [2.05, 4.69) is 5.32 Å². The third kappa shape index (κ3) is 4.99. The van der Waals surface area contributed by atoms with Crippen LogP contribution in [0.15, 0.2) is 0 Å². The Hall–Kier alpha value is -1.21. The lowest BCUT2D eigenvalue weighted by Gasteiger charge is -2.43. The van der Waals surface area contributed by atoms with Gasteiger partial charge in [0.25, 0.3) is 0 Å². The zero-order valence-corrected chi connectivity index (χ0v) is 16.5. The zero-order valence-electron chi connectivity index (χ0n) is 16.5. The van der Waals surface area contributed by atoms with Crippen LogP contribution in [0.5, 0.6) is 0 Å². The number of rotatable bonds is 6. The molecule has 0 spiro atoms. The average molecular weight is 384 g/mol. The van der Waals surface area contributed by atoms with Gasteiger partial charge in [-0.25, -0.2) is 4.39 Å². The molecular weight excluding hydrogens is 351 g/mol. The molecule has 0 aromatic heterocycles. The predicted molar refractivity (Wildman–Crippen MR) is 98.9 cm³/mol. The van der Waals surface area contributed by atoms with Crippen molar-refractivity contribution in [1.82, 2.24) is 10.2 Å². The molecule has 3 fully saturated rings. The van der Waals surface area contributed by atoms with Crippen molar-refractivity contribution in [2.45, 2.75) is 64.2 Å². The van der Waals surface area contributed by atoms with Crippen molar-refractivity contribution < 1.29 is 23.5 Å². The van der Waals surface area contributed by atoms with Crippen LogP contribution in [-0.4, -0.2) is 67.9 Å². The van der Waals surface area contributed by atoms with Gasteiger partial charge in [0.15, 0.2) is 0 Å². The predicted octanol–water partition coefficient (Wildman–Crippen LogP) is 1.92. The van der Waals surface area contributed by atoms with Gasteiger partial charge in [-0.2, -0.15) is 0 Å². The van der Waals surface area contributed by atoms with E-state index in [1.54, 1.807) is 6.92 Å². The number of carbonyl (C=O) groups excluding carboxylic acids is 2. The summed E-state index contributed by atoms with van der Waals surface area (Å²) in [6.45, 7) is 6.27. The maximum Gasteiger partial charge on any atom is 0.323 e. The molecule has 1 saturated carbocycles. The molecule has 1 N–H and O–H groups in total. The number of nitrogens with zero attached hydrogens (tertiary/aromatic N) is 1. The number of ether oxygens (including phenoxy) is 2. The largest absolute Gasteiger partial charge is 0.465 e. The molecule has 3 rings (SSSR count). The molecule has 6 nitrogen and oxygen atoms in total. The molecule has 0 bridgehead atoms. The number of fused-ring (bicyclic) bond motifs is 1. The van der Waals surface area contributed by atoms with Crippen LogP contribution in [0.1, 0.15) is 46.0 Å². The molecular formula is C20H33FN2O4. The highest BCUT2D eigenvalue weighted by Crippen LogP contribution is 2.39. The van der Waals surface area contributed by atoms with Crippen molar-refractivity contribution in [3.63, 3.8) is 0 Å². The van der Waals surface area contributed by atoms with E-state index in [0.29, 0.717) is 37.5 Å². The maximum atomic E-state index is 14.0. The first-order chi connectivity index (χ1) is 13.0. The van der Waals surface area contributed by atoms with Crippen LogP contribution in [0.4, 0.5) is 4.39 Å². The van der Waals surface area contributed by atoms with Crippen LogP contribution in [0.2, 0.25) is 0 Å². The van der Waals surface area contributed by atoms with Gasteiger partial charge in [0.2, 0.25) is 0 Å². The number of nitrogens with one attached hydrogen (secondary N) is 1. The summed E-state index contributed by atoms with van der Waals surface area (Å²) in [6, 6.07) is -0.655. The van der Waals surface area contributed by atoms with E-state index in [0.717, 1.165) is 38.8 Å². The minimum Gasteiger partial charge on any atom is -0.465 e. The number of alkyl halides is 1. The molecule has 6 atom stereocenters. The first-order valence-corrected chi connectivity index (χ1v) is 10.5. The van der Waals surface area contributed by atoms with E-state index in [4.69, 9.17) is 9.47 Å². The number of piperidine rings is 1. The molecule has 154 valence electrons. The highest BCUT2D eigenvalue weighted by molar-refractivity contribution is 5.76. The second-order valence-electron chi connectivity index (χ2n) is 8.20. The van der Waals surface area contributed by atoms with Gasteiger partial charge in [-0.1, -0.05) is 0 Å². The Kier molecular flexibility index (Phi) is 7.09. The molecule has 0 aromatic rings. The van der Waals surface area contributed by atoms with Crippen molar-refractivity contribution in [1.29, 1.82) is 0 Å². The van der Waals surface area contributed by atoms with E-state index in [1.165, 1.54) is 0 Å². The third-order valence-electron chi connectivity index (χ3n) is 6.39. The Morgan fingerprint density at radius 2 is 1.78 bits per heavy atom. The average Bonchev–Trinajstić information content (AvgIpc) is 3.02. The summed E-state index contributed by atoms with van der Waals surface area (Å²) in [7, 11) is 0. The fourth-order valence-electron chi connectivity index (χ4n) is 5.11. The van der Waals surface area contributed by atoms with E-state index in [1.807, 2.05) is 11.8 Å². The standard InChI is InChI=1S/C20H33FN2O4/c1-3-26-19(24)17-8-15-7-13(5-6-14(15)10-22-17)11-23-12-16(21)9-18(23)20(25)27-4-2/h13-18,22H,3-12H2,1-2H3/t13?,14?,15?,16-,17?,18+/m1/s1. The first-order valence-electron chi connectivity index (χ1n) is 10.5. The fraction of sp³-hybridized carbons (Fsp3) is 0.900. The van der Waals surface area contributed by atoms with Crippen LogP contribution in [0.25, 0.3) is 0 Å². The summed E-state index contributed by atoms with van der Waals surface area (Å²) >= 11 is 0. The van der Waals surface area contributed by atoms with Crippen molar-refractivity contribution in [3.8, 4) is 0 Å². The summed E-state index contributed by atoms with van der Waals surface area (Å²) in [6.07, 6.45) is 3.35. The number of halogens is 1. The first kappa shape index (κ1) is 20.5. The van der Waals surface area contributed by atoms with Crippen LogP contribution in [-0.2, 0) is 19.1 Å². The Morgan fingerprint density at radius 1 is 1.04 bits per heavy atom. The van der Waals surface area contributed by atoms with Gasteiger partial charge in [-0.3, -0.25) is 14.5 Å². The van der Waals surface area contributed by atoms with Gasteiger partial charge in [0.1, 0.15) is 18.3 Å². The molecule has 2 heterocycles. The monoisotopic (exact) mass is 384 g/mol. The van der Waals surface area contributed by atoms with Gasteiger partial charge in [-0.05, 0) is 63.8 Å². The number of likely N-dealkylation sites (tertiary alicyclic amines) is 1. The topological polar surface area (TPSA) is 67.9 Å². The summed E-state index contributed by atoms with van der Waals surface area (Å²) in [4.78, 5) is 26.2. The second-order valence-corrected chi connectivity index (χ2v) is 8.20. The van der Waals surface area contributed by atoms with Gasteiger partial charge in [0.05, 0.1) is 13.2 Å². The highest BCUT2D eigenvalue weighted by atomic mass is 19.1. The molecule has 2 aliphatic heterocycles. The third-order valence-corrected chi connectivity index (χ3v) is 6.39. The van der Waals surface area contributed by atoms with Crippen molar-refractivity contribution >= 4 is 11.9 Å². The molecule has 4 unspecified atom stereocenters. The van der Waals surface area contributed by atoms with E-state index in [-0.39, 0.29) is 24.4 Å². The minimum atomic E-state index is -0.956. The summed E-state index contributed by atoms with van der Waals surface area (Å²) in [5.41, 5.74) is 0. The molecule has 0 aromatic carbocycles. The highest BCUT2D eigenvalue weighted by Gasteiger charge is 2.42. The van der Waals surface area contributed by atoms with Gasteiger partial charge in [0, 0.05) is 19.5 Å². The van der Waals surface area contributed by atoms with Gasteiger partial charge < -0.3 is 14.8 Å². The molecule has 0 amide bonds. The molecule has 7 heteroatoms. The van der Waals surface area contributed by atoms with Crippen molar-refractivity contribution in [2.75, 3.05) is 32.8 Å². The normalized spacial score (nSPS) is 36.9. The summed E-state index contributed by atoms with van der Waals surface area (Å²) in [5.74, 6) is 1.08. The quantitative estimate of drug-likeness (QED) is 0.706. The molecule has 0 radical (unpaired) electrons. The minimum absolute atomic E-state index is 0.153. The summed E-state index contributed by atoms with van der Waals surface area (Å²) in [5, 5.41) is 3.34. The molecule has 3 aliphatic rings. The SMILES string of the molecule is CCOC(=O)C1CC2CC(CN3C[C@H](F)C[C@H]3C(=O)OCC)CCC2CN1. The molecule has 2 saturated heterocycles. The van der Waals surface area contributed by atoms with Crippen LogP contribution in [0.3, 0.4) is 0 Å².